The first-order valence-corrected chi connectivity index (χ1v) is 5.27. The number of carbonyl (C=O) groups excluding carboxylic acids is 1. The lowest BCUT2D eigenvalue weighted by Gasteiger charge is -2.19. The fourth-order valence-corrected chi connectivity index (χ4v) is 1.41. The van der Waals surface area contributed by atoms with E-state index in [2.05, 4.69) is 0 Å². The number of amides is 1. The van der Waals surface area contributed by atoms with E-state index in [1.165, 1.54) is 17.0 Å². The second-order valence-corrected chi connectivity index (χ2v) is 4.21. The first-order chi connectivity index (χ1) is 7.91. The van der Waals surface area contributed by atoms with Crippen LogP contribution in [0.4, 0.5) is 4.39 Å². The highest BCUT2D eigenvalue weighted by Crippen LogP contribution is 2.21. The van der Waals surface area contributed by atoms with E-state index in [0.717, 1.165) is 0 Å². The molecule has 0 fully saturated rings. The molecule has 0 heterocycles. The number of rotatable bonds is 4. The van der Waals surface area contributed by atoms with Crippen molar-refractivity contribution in [1.29, 1.82) is 0 Å². The maximum absolute atomic E-state index is 13.1. The Bertz CT molecular complexity index is 407. The third-order valence-corrected chi connectivity index (χ3v) is 2.41. The van der Waals surface area contributed by atoms with Crippen LogP contribution in [0.25, 0.3) is 0 Å². The summed E-state index contributed by atoms with van der Waals surface area (Å²) < 4.78 is 13.1. The van der Waals surface area contributed by atoms with E-state index < -0.39 is 5.82 Å². The van der Waals surface area contributed by atoms with Crippen LogP contribution in [-0.4, -0.2) is 48.5 Å². The summed E-state index contributed by atoms with van der Waals surface area (Å²) in [6.45, 7) is 0.548. The van der Waals surface area contributed by atoms with Crippen LogP contribution in [0.1, 0.15) is 5.56 Å². The van der Waals surface area contributed by atoms with Crippen molar-refractivity contribution >= 4 is 5.91 Å². The molecule has 0 aliphatic heterocycles. The van der Waals surface area contributed by atoms with Gasteiger partial charge in [-0.3, -0.25) is 9.69 Å². The highest BCUT2D eigenvalue weighted by molar-refractivity contribution is 5.77. The van der Waals surface area contributed by atoms with Gasteiger partial charge in [-0.2, -0.15) is 0 Å². The molecule has 17 heavy (non-hydrogen) atoms. The molecule has 4 nitrogen and oxygen atoms in total. The largest absolute Gasteiger partial charge is 0.505 e. The van der Waals surface area contributed by atoms with Gasteiger partial charge in [0.1, 0.15) is 0 Å². The molecule has 0 aromatic heterocycles. The number of carbonyl (C=O) groups is 1. The van der Waals surface area contributed by atoms with Gasteiger partial charge >= 0.3 is 0 Å². The monoisotopic (exact) mass is 240 g/mol. The van der Waals surface area contributed by atoms with Crippen LogP contribution < -0.4 is 0 Å². The van der Waals surface area contributed by atoms with Crippen LogP contribution in [-0.2, 0) is 11.3 Å². The molecule has 0 aliphatic rings. The lowest BCUT2D eigenvalue weighted by atomic mass is 10.2. The molecule has 0 atom stereocenters. The van der Waals surface area contributed by atoms with E-state index in [-0.39, 0.29) is 18.2 Å². The average Bonchev–Trinajstić information content (AvgIpc) is 2.24. The SMILES string of the molecule is CN(CC(=O)N(C)C)Cc1cccc(F)c1O. The van der Waals surface area contributed by atoms with Crippen molar-refractivity contribution in [3.05, 3.63) is 29.6 Å². The lowest BCUT2D eigenvalue weighted by molar-refractivity contribution is -0.129. The number of aromatic hydroxyl groups is 1. The Balaban J connectivity index is 2.65. The molecule has 1 aromatic carbocycles. The molecule has 94 valence electrons. The Labute approximate surface area is 100 Å². The van der Waals surface area contributed by atoms with Gasteiger partial charge in [-0.1, -0.05) is 12.1 Å². The standard InChI is InChI=1S/C12H17FN2O2/c1-14(2)11(16)8-15(3)7-9-5-4-6-10(13)12(9)17/h4-6,17H,7-8H2,1-3H3. The molecule has 1 rings (SSSR count). The van der Waals surface area contributed by atoms with Gasteiger partial charge in [0.15, 0.2) is 11.6 Å². The summed E-state index contributed by atoms with van der Waals surface area (Å²) in [4.78, 5) is 14.7. The maximum atomic E-state index is 13.1. The second-order valence-electron chi connectivity index (χ2n) is 4.21. The van der Waals surface area contributed by atoms with Crippen molar-refractivity contribution in [1.82, 2.24) is 9.80 Å². The summed E-state index contributed by atoms with van der Waals surface area (Å²) in [5.74, 6) is -1.03. The summed E-state index contributed by atoms with van der Waals surface area (Å²) in [7, 11) is 5.09. The molecule has 1 amide bonds. The van der Waals surface area contributed by atoms with Crippen LogP contribution in [0.3, 0.4) is 0 Å². The topological polar surface area (TPSA) is 43.8 Å². The number of halogens is 1. The van der Waals surface area contributed by atoms with Gasteiger partial charge < -0.3 is 10.0 Å². The van der Waals surface area contributed by atoms with E-state index in [0.29, 0.717) is 12.1 Å². The van der Waals surface area contributed by atoms with Crippen LogP contribution in [0.15, 0.2) is 18.2 Å². The molecule has 1 aromatic rings. The van der Waals surface area contributed by atoms with Gasteiger partial charge in [0, 0.05) is 26.2 Å². The highest BCUT2D eigenvalue weighted by Gasteiger charge is 2.12. The van der Waals surface area contributed by atoms with E-state index >= 15 is 0 Å². The number of phenolic OH excluding ortho intramolecular Hbond substituents is 1. The molecular formula is C12H17FN2O2. The molecule has 0 radical (unpaired) electrons. The van der Waals surface area contributed by atoms with Crippen molar-refractivity contribution in [2.45, 2.75) is 6.54 Å². The molecule has 0 aliphatic carbocycles. The fourth-order valence-electron chi connectivity index (χ4n) is 1.41. The number of likely N-dealkylation sites (N-methyl/N-ethyl adjacent to an activating group) is 2. The van der Waals surface area contributed by atoms with Crippen molar-refractivity contribution in [3.8, 4) is 5.75 Å². The molecule has 0 saturated carbocycles. The maximum Gasteiger partial charge on any atom is 0.236 e. The Morgan fingerprint density at radius 3 is 2.59 bits per heavy atom. The first-order valence-electron chi connectivity index (χ1n) is 5.27. The molecule has 0 saturated heterocycles. The number of hydrogen-bond acceptors (Lipinski definition) is 3. The fraction of sp³-hybridized carbons (Fsp3) is 0.417. The Kier molecular flexibility index (Phi) is 4.45. The van der Waals surface area contributed by atoms with Gasteiger partial charge in [0.25, 0.3) is 0 Å². The summed E-state index contributed by atoms with van der Waals surface area (Å²) in [5.41, 5.74) is 0.471. The van der Waals surface area contributed by atoms with Crippen LogP contribution in [0, 0.1) is 5.82 Å². The highest BCUT2D eigenvalue weighted by atomic mass is 19.1. The third kappa shape index (κ3) is 3.71. The zero-order chi connectivity index (χ0) is 13.0. The minimum Gasteiger partial charge on any atom is -0.505 e. The molecule has 5 heteroatoms. The van der Waals surface area contributed by atoms with Crippen molar-refractivity contribution < 1.29 is 14.3 Å². The molecule has 0 unspecified atom stereocenters. The average molecular weight is 240 g/mol. The summed E-state index contributed by atoms with van der Waals surface area (Å²) in [6.07, 6.45) is 0. The molecule has 1 N–H and O–H groups in total. The molecular weight excluding hydrogens is 223 g/mol. The van der Waals surface area contributed by atoms with Gasteiger partial charge in [0.05, 0.1) is 6.54 Å². The second kappa shape index (κ2) is 5.63. The van der Waals surface area contributed by atoms with E-state index in [4.69, 9.17) is 0 Å². The number of para-hydroxylation sites is 1. The number of benzene rings is 1. The molecule has 0 bridgehead atoms. The van der Waals surface area contributed by atoms with Crippen LogP contribution >= 0.6 is 0 Å². The van der Waals surface area contributed by atoms with Crippen molar-refractivity contribution in [2.24, 2.45) is 0 Å². The minimum absolute atomic E-state index is 0.0385. The van der Waals surface area contributed by atoms with Gasteiger partial charge in [-0.25, -0.2) is 4.39 Å². The number of nitrogens with zero attached hydrogens (tertiary/aromatic N) is 2. The summed E-state index contributed by atoms with van der Waals surface area (Å²) in [5, 5.41) is 9.49. The van der Waals surface area contributed by atoms with Gasteiger partial charge in [0.2, 0.25) is 5.91 Å². The van der Waals surface area contributed by atoms with E-state index in [1.54, 1.807) is 32.1 Å². The Morgan fingerprint density at radius 1 is 1.35 bits per heavy atom. The number of hydrogen-bond donors (Lipinski definition) is 1. The third-order valence-electron chi connectivity index (χ3n) is 2.41. The minimum atomic E-state index is -0.644. The van der Waals surface area contributed by atoms with Crippen molar-refractivity contribution in [3.63, 3.8) is 0 Å². The summed E-state index contributed by atoms with van der Waals surface area (Å²) in [6, 6.07) is 4.37. The zero-order valence-electron chi connectivity index (χ0n) is 10.3. The summed E-state index contributed by atoms with van der Waals surface area (Å²) >= 11 is 0. The quantitative estimate of drug-likeness (QED) is 0.855. The number of phenols is 1. The first kappa shape index (κ1) is 13.4. The lowest BCUT2D eigenvalue weighted by Crippen LogP contribution is -2.34. The predicted molar refractivity (Wildman–Crippen MR) is 63.1 cm³/mol. The predicted octanol–water partition coefficient (Wildman–Crippen LogP) is 1.05. The van der Waals surface area contributed by atoms with Crippen LogP contribution in [0.2, 0.25) is 0 Å². The Hall–Kier alpha value is -1.62. The van der Waals surface area contributed by atoms with Crippen molar-refractivity contribution in [2.75, 3.05) is 27.7 Å². The van der Waals surface area contributed by atoms with Crippen LogP contribution in [0.5, 0.6) is 5.75 Å². The molecule has 0 spiro atoms. The normalized spacial score (nSPS) is 10.6. The smallest absolute Gasteiger partial charge is 0.236 e. The van der Waals surface area contributed by atoms with E-state index in [1.807, 2.05) is 0 Å². The van der Waals surface area contributed by atoms with Gasteiger partial charge in [-0.15, -0.1) is 0 Å². The zero-order valence-corrected chi connectivity index (χ0v) is 10.3. The Morgan fingerprint density at radius 2 is 2.00 bits per heavy atom. The van der Waals surface area contributed by atoms with E-state index in [9.17, 15) is 14.3 Å². The van der Waals surface area contributed by atoms with Gasteiger partial charge in [-0.05, 0) is 13.1 Å².